The summed E-state index contributed by atoms with van der Waals surface area (Å²) in [7, 11) is 2.17. The number of aromatic nitrogens is 1. The van der Waals surface area contributed by atoms with Crippen molar-refractivity contribution in [1.29, 1.82) is 0 Å². The van der Waals surface area contributed by atoms with Crippen LogP contribution in [0.4, 0.5) is 10.5 Å². The number of anilines is 1. The van der Waals surface area contributed by atoms with Crippen LogP contribution >= 0.6 is 24.8 Å². The van der Waals surface area contributed by atoms with Crippen molar-refractivity contribution in [2.45, 2.75) is 26.9 Å². The lowest BCUT2D eigenvalue weighted by Crippen LogP contribution is -2.44. The van der Waals surface area contributed by atoms with E-state index in [0.717, 1.165) is 60.9 Å². The Kier molecular flexibility index (Phi) is 8.54. The van der Waals surface area contributed by atoms with Crippen LogP contribution in [0.15, 0.2) is 18.2 Å². The zero-order chi connectivity index (χ0) is 23.1. The topological polar surface area (TPSA) is 80.9 Å². The molecule has 190 valence electrons. The highest BCUT2D eigenvalue weighted by molar-refractivity contribution is 6.34. The largest absolute Gasteiger partial charge is 0.448 e. The minimum atomic E-state index is -0.286. The Balaban J connectivity index is 0.00000171. The molecular weight excluding hydrogens is 489 g/mol. The second-order valence-electron chi connectivity index (χ2n) is 9.27. The summed E-state index contributed by atoms with van der Waals surface area (Å²) in [5.74, 6) is -0.102. The average Bonchev–Trinajstić information content (AvgIpc) is 3.42. The van der Waals surface area contributed by atoms with Gasteiger partial charge in [-0.3, -0.25) is 9.69 Å². The number of cyclic esters (lactones) is 1. The van der Waals surface area contributed by atoms with Crippen LogP contribution in [0.3, 0.4) is 0 Å². The number of likely N-dealkylation sites (N-methyl/N-ethyl adjacent to an activating group) is 1. The summed E-state index contributed by atoms with van der Waals surface area (Å²) in [6, 6.07) is 5.86. The second kappa shape index (κ2) is 11.0. The first-order valence-electron chi connectivity index (χ1n) is 11.6. The minimum absolute atomic E-state index is 0. The highest BCUT2D eigenvalue weighted by Crippen LogP contribution is 2.35. The number of hydrogen-bond acceptors (Lipinski definition) is 5. The molecule has 2 aromatic rings. The highest BCUT2D eigenvalue weighted by atomic mass is 35.5. The summed E-state index contributed by atoms with van der Waals surface area (Å²) in [4.78, 5) is 34.7. The zero-order valence-corrected chi connectivity index (χ0v) is 22.0. The third-order valence-corrected chi connectivity index (χ3v) is 6.98. The molecule has 5 rings (SSSR count). The molecule has 2 saturated heterocycles. The molecule has 35 heavy (non-hydrogen) atoms. The van der Waals surface area contributed by atoms with Gasteiger partial charge in [0.25, 0.3) is 5.91 Å². The number of H-pyrrole nitrogens is 1. The average molecular weight is 522 g/mol. The first-order chi connectivity index (χ1) is 15.9. The fourth-order valence-corrected chi connectivity index (χ4v) is 4.84. The number of fused-ring (bicyclic) bond motifs is 1. The van der Waals surface area contributed by atoms with Crippen molar-refractivity contribution in [3.8, 4) is 0 Å². The molecule has 0 aliphatic carbocycles. The van der Waals surface area contributed by atoms with Crippen molar-refractivity contribution in [1.82, 2.24) is 19.7 Å². The first kappa shape index (κ1) is 27.1. The summed E-state index contributed by atoms with van der Waals surface area (Å²) >= 11 is 0. The number of ether oxygens (including phenoxy) is 1. The molecule has 3 aliphatic heterocycles. The number of carbonyl (C=O) groups excluding carboxylic acids is 2. The smallest absolute Gasteiger partial charge is 0.410 e. The molecule has 0 bridgehead atoms. The quantitative estimate of drug-likeness (QED) is 0.586. The molecule has 1 aromatic carbocycles. The molecule has 0 unspecified atom stereocenters. The molecule has 2 fully saturated rings. The van der Waals surface area contributed by atoms with Gasteiger partial charge in [0.1, 0.15) is 6.61 Å². The molecule has 1 aromatic heterocycles. The molecule has 3 aliphatic rings. The maximum Gasteiger partial charge on any atom is 0.410 e. The molecule has 0 radical (unpaired) electrons. The van der Waals surface area contributed by atoms with Gasteiger partial charge in [0.15, 0.2) is 0 Å². The number of aromatic amines is 1. The Morgan fingerprint density at radius 2 is 1.77 bits per heavy atom. The van der Waals surface area contributed by atoms with Crippen LogP contribution in [0.1, 0.15) is 33.6 Å². The van der Waals surface area contributed by atoms with E-state index in [1.165, 1.54) is 11.1 Å². The maximum atomic E-state index is 12.8. The van der Waals surface area contributed by atoms with E-state index in [-0.39, 0.29) is 36.8 Å². The molecule has 8 nitrogen and oxygen atoms in total. The van der Waals surface area contributed by atoms with Gasteiger partial charge in [-0.2, -0.15) is 0 Å². The molecule has 2 N–H and O–H groups in total. The monoisotopic (exact) mass is 521 g/mol. The van der Waals surface area contributed by atoms with Crippen molar-refractivity contribution >= 4 is 54.2 Å². The molecule has 0 saturated carbocycles. The van der Waals surface area contributed by atoms with Gasteiger partial charge in [-0.15, -0.1) is 24.8 Å². The standard InChI is InChI=1S/C25H31N5O3.2ClH/c1-16-21(15-29-8-6-28(3)7-9-29)17(2)26-23(16)13-20-19-12-18(4-5-22(19)27-24(20)31)14-30-10-11-33-25(30)32;;/h4-5,12-13,26H,6-11,14-15H2,1-3H3,(H,27,31);2*1H/b20-13-;;. The number of amides is 2. The van der Waals surface area contributed by atoms with Gasteiger partial charge < -0.3 is 24.8 Å². The highest BCUT2D eigenvalue weighted by Gasteiger charge is 2.27. The number of rotatable bonds is 5. The predicted molar refractivity (Wildman–Crippen MR) is 142 cm³/mol. The van der Waals surface area contributed by atoms with Gasteiger partial charge in [-0.05, 0) is 55.8 Å². The zero-order valence-electron chi connectivity index (χ0n) is 20.3. The predicted octanol–water partition coefficient (Wildman–Crippen LogP) is 3.67. The van der Waals surface area contributed by atoms with Crippen molar-refractivity contribution in [3.05, 3.63) is 51.8 Å². The van der Waals surface area contributed by atoms with E-state index in [0.29, 0.717) is 25.3 Å². The molecule has 4 heterocycles. The number of halogens is 2. The van der Waals surface area contributed by atoms with E-state index in [1.807, 2.05) is 24.3 Å². The fraction of sp³-hybridized carbons (Fsp3) is 0.440. The van der Waals surface area contributed by atoms with Crippen LogP contribution in [0.25, 0.3) is 11.6 Å². The van der Waals surface area contributed by atoms with Crippen LogP contribution in [0.2, 0.25) is 0 Å². The third-order valence-electron chi connectivity index (χ3n) is 6.98. The Morgan fingerprint density at radius 1 is 1.03 bits per heavy atom. The van der Waals surface area contributed by atoms with Gasteiger partial charge in [-0.1, -0.05) is 6.07 Å². The lowest BCUT2D eigenvalue weighted by molar-refractivity contribution is -0.110. The Bertz CT molecular complexity index is 1140. The van der Waals surface area contributed by atoms with Gasteiger partial charge >= 0.3 is 6.09 Å². The number of aryl methyl sites for hydroxylation is 1. The van der Waals surface area contributed by atoms with E-state index < -0.39 is 0 Å². The van der Waals surface area contributed by atoms with Crippen LogP contribution in [0.5, 0.6) is 0 Å². The summed E-state index contributed by atoms with van der Waals surface area (Å²) in [6.07, 6.45) is 1.68. The summed E-state index contributed by atoms with van der Waals surface area (Å²) in [5.41, 5.74) is 7.93. The van der Waals surface area contributed by atoms with E-state index in [1.54, 1.807) is 4.90 Å². The number of carbonyl (C=O) groups is 2. The van der Waals surface area contributed by atoms with Crippen molar-refractivity contribution in [2.24, 2.45) is 0 Å². The lowest BCUT2D eigenvalue weighted by Gasteiger charge is -2.32. The van der Waals surface area contributed by atoms with E-state index in [4.69, 9.17) is 4.74 Å². The van der Waals surface area contributed by atoms with Crippen molar-refractivity contribution in [2.75, 3.05) is 51.7 Å². The minimum Gasteiger partial charge on any atom is -0.448 e. The molecule has 10 heteroatoms. The Hall–Kier alpha value is -2.52. The van der Waals surface area contributed by atoms with Gasteiger partial charge in [-0.25, -0.2) is 4.79 Å². The van der Waals surface area contributed by atoms with Crippen molar-refractivity contribution < 1.29 is 14.3 Å². The third kappa shape index (κ3) is 5.51. The molecule has 2 amide bonds. The lowest BCUT2D eigenvalue weighted by atomic mass is 10.0. The number of benzene rings is 1. The normalized spacial score (nSPS) is 19.3. The molecular formula is C25H33Cl2N5O3. The van der Waals surface area contributed by atoms with E-state index in [2.05, 4.69) is 41.0 Å². The summed E-state index contributed by atoms with van der Waals surface area (Å²) in [6.45, 7) is 11.0. The summed E-state index contributed by atoms with van der Waals surface area (Å²) in [5, 5.41) is 2.97. The van der Waals surface area contributed by atoms with Gasteiger partial charge in [0, 0.05) is 61.9 Å². The fourth-order valence-electron chi connectivity index (χ4n) is 4.84. The van der Waals surface area contributed by atoms with E-state index in [9.17, 15) is 9.59 Å². The SMILES string of the molecule is Cc1[nH]c(/C=C2\C(=O)Nc3ccc(CN4CCOC4=O)cc32)c(C)c1CN1CCN(C)CC1.Cl.Cl. The molecule has 0 atom stereocenters. The number of nitrogens with one attached hydrogen (secondary N) is 2. The summed E-state index contributed by atoms with van der Waals surface area (Å²) < 4.78 is 5.03. The van der Waals surface area contributed by atoms with Crippen LogP contribution in [-0.4, -0.2) is 78.1 Å². The van der Waals surface area contributed by atoms with Crippen LogP contribution in [0, 0.1) is 13.8 Å². The van der Waals surface area contributed by atoms with Crippen LogP contribution < -0.4 is 5.32 Å². The van der Waals surface area contributed by atoms with E-state index >= 15 is 0 Å². The number of nitrogens with zero attached hydrogens (tertiary/aromatic N) is 3. The number of hydrogen-bond donors (Lipinski definition) is 2. The van der Waals surface area contributed by atoms with Crippen LogP contribution in [-0.2, 0) is 22.6 Å². The van der Waals surface area contributed by atoms with Crippen molar-refractivity contribution in [3.63, 3.8) is 0 Å². The first-order valence-corrected chi connectivity index (χ1v) is 11.6. The van der Waals surface area contributed by atoms with Gasteiger partial charge in [0.05, 0.1) is 12.1 Å². The Morgan fingerprint density at radius 3 is 2.46 bits per heavy atom. The maximum absolute atomic E-state index is 12.8. The second-order valence-corrected chi connectivity index (χ2v) is 9.27. The van der Waals surface area contributed by atoms with Gasteiger partial charge in [0.2, 0.25) is 0 Å². The Labute approximate surface area is 218 Å². The molecule has 0 spiro atoms. The number of piperazine rings is 1.